The lowest BCUT2D eigenvalue weighted by Crippen LogP contribution is -1.83. The largest absolute Gasteiger partial charge is 0.0885 e. The second-order valence-electron chi connectivity index (χ2n) is 9.53. The number of hydrogen-bond acceptors (Lipinski definition) is 0. The van der Waals surface area contributed by atoms with Crippen LogP contribution in [0.1, 0.15) is 167 Å². The number of hydrogen-bond donors (Lipinski definition) is 0. The fourth-order valence-corrected chi connectivity index (χ4v) is 4.30. The molecule has 0 aliphatic carbocycles. The molecule has 0 heteroatoms. The van der Waals surface area contributed by atoms with Crippen molar-refractivity contribution >= 4 is 0 Å². The summed E-state index contributed by atoms with van der Waals surface area (Å²) in [6, 6.07) is 0. The summed E-state index contributed by atoms with van der Waals surface area (Å²) in [5, 5.41) is 0. The molecule has 0 aromatic rings. The first-order valence-electron chi connectivity index (χ1n) is 14.1. The predicted octanol–water partition coefficient (Wildman–Crippen LogP) is 11.4. The van der Waals surface area contributed by atoms with Gasteiger partial charge in [-0.15, -0.1) is 0 Å². The minimum absolute atomic E-state index is 1.11. The SMILES string of the molecule is [CH2]CCCCCCCCCC=CCCCCCCCCCCCCCCCCC[CH2]. The summed E-state index contributed by atoms with van der Waals surface area (Å²) in [5.74, 6) is 0. The summed E-state index contributed by atoms with van der Waals surface area (Å²) in [7, 11) is 0. The van der Waals surface area contributed by atoms with Gasteiger partial charge < -0.3 is 0 Å². The zero-order chi connectivity index (χ0) is 21.8. The Bertz CT molecular complexity index is 303. The average Bonchev–Trinajstić information content (AvgIpc) is 2.76. The van der Waals surface area contributed by atoms with E-state index in [0.29, 0.717) is 0 Å². The third kappa shape index (κ3) is 27.7. The average molecular weight is 419 g/mol. The third-order valence-corrected chi connectivity index (χ3v) is 6.41. The van der Waals surface area contributed by atoms with Gasteiger partial charge in [0.1, 0.15) is 0 Å². The first kappa shape index (κ1) is 29.7. The van der Waals surface area contributed by atoms with Crippen LogP contribution in [0.2, 0.25) is 0 Å². The monoisotopic (exact) mass is 418 g/mol. The highest BCUT2D eigenvalue weighted by molar-refractivity contribution is 4.81. The van der Waals surface area contributed by atoms with E-state index in [-0.39, 0.29) is 0 Å². The molecular formula is C30H58. The van der Waals surface area contributed by atoms with Gasteiger partial charge in [0.25, 0.3) is 0 Å². The molecule has 0 aliphatic rings. The van der Waals surface area contributed by atoms with Crippen LogP contribution < -0.4 is 0 Å². The van der Waals surface area contributed by atoms with Gasteiger partial charge in [0.2, 0.25) is 0 Å². The molecule has 0 saturated heterocycles. The Morgan fingerprint density at radius 1 is 0.267 bits per heavy atom. The summed E-state index contributed by atoms with van der Waals surface area (Å²) in [5.41, 5.74) is 0. The molecule has 0 aromatic heterocycles. The second-order valence-corrected chi connectivity index (χ2v) is 9.53. The van der Waals surface area contributed by atoms with Crippen molar-refractivity contribution in [2.24, 2.45) is 0 Å². The van der Waals surface area contributed by atoms with Crippen LogP contribution in [0, 0.1) is 13.8 Å². The van der Waals surface area contributed by atoms with Crippen LogP contribution in [-0.4, -0.2) is 0 Å². The third-order valence-electron chi connectivity index (χ3n) is 6.41. The maximum Gasteiger partial charge on any atom is -0.0351 e. The molecule has 0 unspecified atom stereocenters. The van der Waals surface area contributed by atoms with Crippen LogP contribution in [0.25, 0.3) is 0 Å². The predicted molar refractivity (Wildman–Crippen MR) is 140 cm³/mol. The fourth-order valence-electron chi connectivity index (χ4n) is 4.30. The maximum atomic E-state index is 3.91. The minimum atomic E-state index is 1.11. The van der Waals surface area contributed by atoms with E-state index in [1.807, 2.05) is 0 Å². The van der Waals surface area contributed by atoms with Gasteiger partial charge in [0.05, 0.1) is 0 Å². The molecule has 0 saturated carbocycles. The molecule has 0 spiro atoms. The van der Waals surface area contributed by atoms with Crippen LogP contribution in [0.4, 0.5) is 0 Å². The number of unbranched alkanes of at least 4 members (excludes halogenated alkanes) is 24. The van der Waals surface area contributed by atoms with Crippen molar-refractivity contribution in [2.45, 2.75) is 167 Å². The van der Waals surface area contributed by atoms with Crippen LogP contribution in [0.5, 0.6) is 0 Å². The van der Waals surface area contributed by atoms with Crippen molar-refractivity contribution in [2.75, 3.05) is 0 Å². The molecule has 0 aliphatic heterocycles. The molecular weight excluding hydrogens is 360 g/mol. The summed E-state index contributed by atoms with van der Waals surface area (Å²) in [6.45, 7) is 7.82. The van der Waals surface area contributed by atoms with E-state index >= 15 is 0 Å². The van der Waals surface area contributed by atoms with E-state index < -0.39 is 0 Å². The molecule has 0 N–H and O–H groups in total. The Kier molecular flexibility index (Phi) is 28.5. The van der Waals surface area contributed by atoms with Gasteiger partial charge in [-0.25, -0.2) is 0 Å². The van der Waals surface area contributed by atoms with E-state index in [9.17, 15) is 0 Å². The van der Waals surface area contributed by atoms with Gasteiger partial charge in [-0.1, -0.05) is 167 Å². The van der Waals surface area contributed by atoms with Gasteiger partial charge in [-0.05, 0) is 25.7 Å². The summed E-state index contributed by atoms with van der Waals surface area (Å²) in [6.07, 6.45) is 41.2. The van der Waals surface area contributed by atoms with E-state index in [4.69, 9.17) is 0 Å². The van der Waals surface area contributed by atoms with Crippen molar-refractivity contribution in [1.29, 1.82) is 0 Å². The molecule has 2 radical (unpaired) electrons. The highest BCUT2D eigenvalue weighted by Crippen LogP contribution is 2.14. The topological polar surface area (TPSA) is 0 Å². The first-order chi connectivity index (χ1) is 14.9. The van der Waals surface area contributed by atoms with Crippen molar-refractivity contribution in [3.8, 4) is 0 Å². The highest BCUT2D eigenvalue weighted by atomic mass is 14.0. The Labute approximate surface area is 193 Å². The van der Waals surface area contributed by atoms with Crippen molar-refractivity contribution < 1.29 is 0 Å². The molecule has 30 heavy (non-hydrogen) atoms. The Hall–Kier alpha value is -0.260. The zero-order valence-electron chi connectivity index (χ0n) is 21.0. The van der Waals surface area contributed by atoms with Gasteiger partial charge in [0.15, 0.2) is 0 Å². The second kappa shape index (κ2) is 28.7. The smallest absolute Gasteiger partial charge is 0.0351 e. The highest BCUT2D eigenvalue weighted by Gasteiger charge is 1.94. The quantitative estimate of drug-likeness (QED) is 0.0967. The van der Waals surface area contributed by atoms with Gasteiger partial charge in [0, 0.05) is 0 Å². The normalized spacial score (nSPS) is 11.7. The Morgan fingerprint density at radius 2 is 0.467 bits per heavy atom. The van der Waals surface area contributed by atoms with Crippen LogP contribution in [0.3, 0.4) is 0 Å². The lowest BCUT2D eigenvalue weighted by atomic mass is 10.0. The number of rotatable bonds is 26. The zero-order valence-corrected chi connectivity index (χ0v) is 21.0. The van der Waals surface area contributed by atoms with Crippen LogP contribution >= 0.6 is 0 Å². The molecule has 0 nitrogen and oxygen atoms in total. The summed E-state index contributed by atoms with van der Waals surface area (Å²) in [4.78, 5) is 0. The van der Waals surface area contributed by atoms with Gasteiger partial charge in [-0.2, -0.15) is 0 Å². The molecule has 178 valence electrons. The standard InChI is InChI=1S/C30H58/c1-3-5-7-9-11-13-15-17-19-21-23-25-27-29-30-28-26-24-22-20-18-16-14-12-10-8-6-4-2/h21,23H,1-20,22,24-30H2. The molecule has 0 rings (SSSR count). The Morgan fingerprint density at radius 3 is 0.700 bits per heavy atom. The first-order valence-corrected chi connectivity index (χ1v) is 14.1. The molecule has 0 atom stereocenters. The fraction of sp³-hybridized carbons (Fsp3) is 0.867. The lowest BCUT2D eigenvalue weighted by molar-refractivity contribution is 0.531. The molecule has 0 aromatic carbocycles. The van der Waals surface area contributed by atoms with Crippen LogP contribution in [-0.2, 0) is 0 Å². The maximum absolute atomic E-state index is 3.91. The molecule has 0 heterocycles. The van der Waals surface area contributed by atoms with Gasteiger partial charge >= 0.3 is 0 Å². The van der Waals surface area contributed by atoms with Crippen molar-refractivity contribution in [3.05, 3.63) is 26.0 Å². The van der Waals surface area contributed by atoms with Gasteiger partial charge in [-0.3, -0.25) is 0 Å². The molecule has 0 bridgehead atoms. The van der Waals surface area contributed by atoms with E-state index in [0.717, 1.165) is 12.8 Å². The lowest BCUT2D eigenvalue weighted by Gasteiger charge is -2.03. The van der Waals surface area contributed by atoms with E-state index in [1.54, 1.807) is 0 Å². The number of allylic oxidation sites excluding steroid dienone is 2. The summed E-state index contributed by atoms with van der Waals surface area (Å²) >= 11 is 0. The van der Waals surface area contributed by atoms with Crippen molar-refractivity contribution in [3.63, 3.8) is 0 Å². The molecule has 0 fully saturated rings. The van der Waals surface area contributed by atoms with E-state index in [2.05, 4.69) is 26.0 Å². The van der Waals surface area contributed by atoms with Crippen molar-refractivity contribution in [1.82, 2.24) is 0 Å². The minimum Gasteiger partial charge on any atom is -0.0885 e. The van der Waals surface area contributed by atoms with E-state index in [1.165, 1.54) is 154 Å². The Balaban J connectivity index is 3.05. The molecule has 0 amide bonds. The van der Waals surface area contributed by atoms with Crippen LogP contribution in [0.15, 0.2) is 12.2 Å². The summed E-state index contributed by atoms with van der Waals surface area (Å²) < 4.78 is 0.